The number of hydrogen-bond acceptors (Lipinski definition) is 6. The number of pyridine rings is 1. The predicted molar refractivity (Wildman–Crippen MR) is 80.1 cm³/mol. The number of nitrogens with one attached hydrogen (secondary N) is 1. The average molecular weight is 312 g/mol. The zero-order valence-corrected chi connectivity index (χ0v) is 12.6. The van der Waals surface area contributed by atoms with Crippen LogP contribution in [0.15, 0.2) is 12.1 Å². The van der Waals surface area contributed by atoms with Crippen molar-refractivity contribution in [3.63, 3.8) is 0 Å². The number of halogens is 1. The van der Waals surface area contributed by atoms with Crippen LogP contribution in [0.2, 0.25) is 5.02 Å². The number of amides is 1. The Morgan fingerprint density at radius 2 is 2.20 bits per heavy atom. The Morgan fingerprint density at radius 1 is 1.45 bits per heavy atom. The molecule has 0 bridgehead atoms. The predicted octanol–water partition coefficient (Wildman–Crippen LogP) is 2.62. The summed E-state index contributed by atoms with van der Waals surface area (Å²) in [6, 6.07) is 3.06. The number of carbonyl (C=O) groups excluding carboxylic acids is 1. The van der Waals surface area contributed by atoms with Crippen LogP contribution in [-0.4, -0.2) is 21.1 Å². The van der Waals surface area contributed by atoms with Gasteiger partial charge in [0, 0.05) is 6.42 Å². The van der Waals surface area contributed by atoms with Crippen LogP contribution in [-0.2, 0) is 6.42 Å². The van der Waals surface area contributed by atoms with Crippen LogP contribution < -0.4 is 11.1 Å². The van der Waals surface area contributed by atoms with E-state index < -0.39 is 5.91 Å². The second kappa shape index (κ2) is 6.15. The fourth-order valence-electron chi connectivity index (χ4n) is 1.51. The molecule has 0 aliphatic carbocycles. The first-order valence-corrected chi connectivity index (χ1v) is 7.21. The quantitative estimate of drug-likeness (QED) is 0.905. The monoisotopic (exact) mass is 311 g/mol. The Kier molecular flexibility index (Phi) is 4.51. The Morgan fingerprint density at radius 3 is 2.90 bits per heavy atom. The van der Waals surface area contributed by atoms with Gasteiger partial charge in [0.05, 0.1) is 5.02 Å². The molecule has 20 heavy (non-hydrogen) atoms. The van der Waals surface area contributed by atoms with E-state index in [-0.39, 0.29) is 16.5 Å². The summed E-state index contributed by atoms with van der Waals surface area (Å²) in [6.45, 7) is 4.19. The summed E-state index contributed by atoms with van der Waals surface area (Å²) in [6.07, 6.45) is 0.824. The highest BCUT2D eigenvalue weighted by atomic mass is 35.5. The van der Waals surface area contributed by atoms with E-state index in [4.69, 9.17) is 17.3 Å². The van der Waals surface area contributed by atoms with Gasteiger partial charge in [0.15, 0.2) is 0 Å². The van der Waals surface area contributed by atoms with Crippen LogP contribution in [0.25, 0.3) is 0 Å². The smallest absolute Gasteiger partial charge is 0.277 e. The van der Waals surface area contributed by atoms with Gasteiger partial charge in [0.25, 0.3) is 5.91 Å². The van der Waals surface area contributed by atoms with E-state index >= 15 is 0 Å². The summed E-state index contributed by atoms with van der Waals surface area (Å²) in [5, 5.41) is 12.1. The van der Waals surface area contributed by atoms with Crippen LogP contribution in [0, 0.1) is 5.92 Å². The first-order valence-electron chi connectivity index (χ1n) is 6.01. The zero-order valence-electron chi connectivity index (χ0n) is 11.1. The van der Waals surface area contributed by atoms with Crippen molar-refractivity contribution in [2.45, 2.75) is 20.3 Å². The van der Waals surface area contributed by atoms with E-state index in [0.717, 1.165) is 11.4 Å². The number of nitrogen functional groups attached to an aromatic ring is 1. The van der Waals surface area contributed by atoms with Crippen molar-refractivity contribution in [1.82, 2.24) is 15.2 Å². The van der Waals surface area contributed by atoms with Gasteiger partial charge < -0.3 is 5.73 Å². The first kappa shape index (κ1) is 14.7. The number of carbonyl (C=O) groups is 1. The molecule has 0 saturated heterocycles. The van der Waals surface area contributed by atoms with Crippen molar-refractivity contribution in [3.8, 4) is 0 Å². The number of anilines is 2. The third kappa shape index (κ3) is 3.64. The van der Waals surface area contributed by atoms with Crippen molar-refractivity contribution < 1.29 is 4.79 Å². The molecule has 0 fully saturated rings. The van der Waals surface area contributed by atoms with Gasteiger partial charge in [-0.25, -0.2) is 4.98 Å². The van der Waals surface area contributed by atoms with Gasteiger partial charge in [-0.15, -0.1) is 10.2 Å². The van der Waals surface area contributed by atoms with E-state index in [9.17, 15) is 4.79 Å². The molecule has 6 nitrogen and oxygen atoms in total. The van der Waals surface area contributed by atoms with E-state index in [1.165, 1.54) is 23.5 Å². The zero-order chi connectivity index (χ0) is 14.7. The molecule has 0 atom stereocenters. The maximum absolute atomic E-state index is 12.0. The summed E-state index contributed by atoms with van der Waals surface area (Å²) in [4.78, 5) is 16.0. The van der Waals surface area contributed by atoms with E-state index in [2.05, 4.69) is 34.3 Å². The topological polar surface area (TPSA) is 93.8 Å². The lowest BCUT2D eigenvalue weighted by atomic mass is 10.1. The van der Waals surface area contributed by atoms with Gasteiger partial charge in [-0.1, -0.05) is 36.8 Å². The van der Waals surface area contributed by atoms with Gasteiger partial charge >= 0.3 is 0 Å². The van der Waals surface area contributed by atoms with Crippen LogP contribution in [0.4, 0.5) is 10.9 Å². The Labute approximate surface area is 125 Å². The van der Waals surface area contributed by atoms with Crippen molar-refractivity contribution >= 4 is 39.8 Å². The summed E-state index contributed by atoms with van der Waals surface area (Å²) >= 11 is 7.26. The fourth-order valence-corrected chi connectivity index (χ4v) is 2.65. The number of aromatic nitrogens is 3. The number of rotatable bonds is 4. The number of nitrogens with two attached hydrogens (primary N) is 1. The van der Waals surface area contributed by atoms with Crippen molar-refractivity contribution in [2.75, 3.05) is 11.1 Å². The van der Waals surface area contributed by atoms with Crippen molar-refractivity contribution in [2.24, 2.45) is 5.92 Å². The molecule has 2 aromatic rings. The SMILES string of the molecule is CC(C)Cc1nnc(NC(=O)c2nc(N)ccc2Cl)s1. The molecule has 0 saturated carbocycles. The maximum Gasteiger partial charge on any atom is 0.277 e. The molecule has 0 aromatic carbocycles. The lowest BCUT2D eigenvalue weighted by Crippen LogP contribution is -2.15. The highest BCUT2D eigenvalue weighted by Crippen LogP contribution is 2.21. The molecular weight excluding hydrogens is 298 g/mol. The highest BCUT2D eigenvalue weighted by Gasteiger charge is 2.15. The van der Waals surface area contributed by atoms with Gasteiger partial charge in [-0.3, -0.25) is 10.1 Å². The summed E-state index contributed by atoms with van der Waals surface area (Å²) in [5.41, 5.74) is 5.62. The Bertz CT molecular complexity index is 628. The molecule has 1 amide bonds. The van der Waals surface area contributed by atoms with Crippen LogP contribution in [0.5, 0.6) is 0 Å². The largest absolute Gasteiger partial charge is 0.384 e. The Balaban J connectivity index is 2.11. The van der Waals surface area contributed by atoms with E-state index in [1.54, 1.807) is 0 Å². The van der Waals surface area contributed by atoms with Gasteiger partial charge in [0.1, 0.15) is 16.5 Å². The van der Waals surface area contributed by atoms with Crippen LogP contribution in [0.1, 0.15) is 29.3 Å². The molecule has 2 aromatic heterocycles. The maximum atomic E-state index is 12.0. The molecule has 0 spiro atoms. The summed E-state index contributed by atoms with van der Waals surface area (Å²) in [7, 11) is 0. The van der Waals surface area contributed by atoms with Gasteiger partial charge in [0.2, 0.25) is 5.13 Å². The second-order valence-corrected chi connectivity index (χ2v) is 6.09. The molecule has 0 unspecified atom stereocenters. The van der Waals surface area contributed by atoms with Crippen LogP contribution >= 0.6 is 22.9 Å². The minimum absolute atomic E-state index is 0.0762. The van der Waals surface area contributed by atoms with Gasteiger partial charge in [-0.2, -0.15) is 0 Å². The van der Waals surface area contributed by atoms with Crippen molar-refractivity contribution in [3.05, 3.63) is 27.9 Å². The second-order valence-electron chi connectivity index (χ2n) is 4.62. The lowest BCUT2D eigenvalue weighted by Gasteiger charge is -2.03. The minimum Gasteiger partial charge on any atom is -0.384 e. The standard InChI is InChI=1S/C12H14ClN5OS/c1-6(2)5-9-17-18-12(20-9)16-11(19)10-7(13)3-4-8(14)15-10/h3-4,6H,5H2,1-2H3,(H2,14,15)(H,16,18,19). The van der Waals surface area contributed by atoms with E-state index in [0.29, 0.717) is 11.0 Å². The average Bonchev–Trinajstić information content (AvgIpc) is 2.78. The molecule has 0 aliphatic rings. The molecule has 2 rings (SSSR count). The van der Waals surface area contributed by atoms with Gasteiger partial charge in [-0.05, 0) is 18.1 Å². The lowest BCUT2D eigenvalue weighted by molar-refractivity contribution is 0.102. The van der Waals surface area contributed by atoms with E-state index in [1.807, 2.05) is 0 Å². The fraction of sp³-hybridized carbons (Fsp3) is 0.333. The summed E-state index contributed by atoms with van der Waals surface area (Å²) in [5.74, 6) is 0.267. The number of hydrogen-bond donors (Lipinski definition) is 2. The first-order chi connectivity index (χ1) is 9.45. The Hall–Kier alpha value is -1.73. The molecule has 2 heterocycles. The molecule has 0 aliphatic heterocycles. The van der Waals surface area contributed by atoms with Crippen molar-refractivity contribution in [1.29, 1.82) is 0 Å². The number of nitrogens with zero attached hydrogens (tertiary/aromatic N) is 3. The minimum atomic E-state index is -0.449. The molecular formula is C12H14ClN5OS. The molecule has 3 N–H and O–H groups in total. The molecule has 106 valence electrons. The molecule has 8 heteroatoms. The third-order valence-corrected chi connectivity index (χ3v) is 3.52. The normalized spacial score (nSPS) is 10.8. The molecule has 0 radical (unpaired) electrons. The summed E-state index contributed by atoms with van der Waals surface area (Å²) < 4.78 is 0. The van der Waals surface area contributed by atoms with Crippen LogP contribution in [0.3, 0.4) is 0 Å². The third-order valence-electron chi connectivity index (χ3n) is 2.35. The highest BCUT2D eigenvalue weighted by molar-refractivity contribution is 7.15.